The highest BCUT2D eigenvalue weighted by atomic mass is 15.3. The fourth-order valence-electron chi connectivity index (χ4n) is 2.08. The van der Waals surface area contributed by atoms with E-state index in [1.807, 2.05) is 11.7 Å². The van der Waals surface area contributed by atoms with Crippen LogP contribution in [0.5, 0.6) is 0 Å². The van der Waals surface area contributed by atoms with Gasteiger partial charge in [0.05, 0.1) is 5.69 Å². The molecule has 0 aromatic carbocycles. The van der Waals surface area contributed by atoms with Gasteiger partial charge in [0.25, 0.3) is 0 Å². The summed E-state index contributed by atoms with van der Waals surface area (Å²) in [6.45, 7) is 7.58. The molecule has 0 aliphatic heterocycles. The molecule has 4 nitrogen and oxygen atoms in total. The minimum atomic E-state index is 0.497. The van der Waals surface area contributed by atoms with E-state index in [0.29, 0.717) is 5.92 Å². The molecule has 0 atom stereocenters. The highest BCUT2D eigenvalue weighted by Gasteiger charge is 2.10. The maximum Gasteiger partial charge on any atom is 0.0694 e. The molecule has 0 aliphatic carbocycles. The minimum Gasteiger partial charge on any atom is -0.313 e. The number of aryl methyl sites for hydroxylation is 1. The summed E-state index contributed by atoms with van der Waals surface area (Å²) < 4.78 is 1.92. The van der Waals surface area contributed by atoms with Gasteiger partial charge in [-0.3, -0.25) is 4.68 Å². The number of nitrogens with one attached hydrogen (secondary N) is 1. The molecule has 0 radical (unpaired) electrons. The van der Waals surface area contributed by atoms with Crippen LogP contribution in [0.3, 0.4) is 0 Å². The monoisotopic (exact) mass is 252 g/mol. The maximum atomic E-state index is 4.52. The van der Waals surface area contributed by atoms with Crippen LogP contribution in [0.25, 0.3) is 0 Å². The first-order valence-corrected chi connectivity index (χ1v) is 6.88. The summed E-state index contributed by atoms with van der Waals surface area (Å²) in [5.74, 6) is 0.497. The SMILES string of the molecule is CC(C)c1nn(C)cc1CNCCCCN(C)C. The normalized spacial score (nSPS) is 11.7. The molecule has 0 amide bonds. The van der Waals surface area contributed by atoms with Gasteiger partial charge in [0.15, 0.2) is 0 Å². The highest BCUT2D eigenvalue weighted by molar-refractivity contribution is 5.19. The molecule has 1 N–H and O–H groups in total. The lowest BCUT2D eigenvalue weighted by molar-refractivity contribution is 0.391. The van der Waals surface area contributed by atoms with Crippen molar-refractivity contribution in [3.05, 3.63) is 17.5 Å². The van der Waals surface area contributed by atoms with Gasteiger partial charge in [-0.15, -0.1) is 0 Å². The van der Waals surface area contributed by atoms with Crippen molar-refractivity contribution in [3.63, 3.8) is 0 Å². The molecular formula is C14H28N4. The molecule has 1 aromatic rings. The van der Waals surface area contributed by atoms with Crippen LogP contribution in [-0.2, 0) is 13.6 Å². The average molecular weight is 252 g/mol. The van der Waals surface area contributed by atoms with E-state index in [0.717, 1.165) is 13.1 Å². The number of hydrogen-bond donors (Lipinski definition) is 1. The Morgan fingerprint density at radius 2 is 2.06 bits per heavy atom. The van der Waals surface area contributed by atoms with Crippen molar-refractivity contribution in [3.8, 4) is 0 Å². The largest absolute Gasteiger partial charge is 0.313 e. The molecular weight excluding hydrogens is 224 g/mol. The predicted octanol–water partition coefficient (Wildman–Crippen LogP) is 1.97. The molecule has 18 heavy (non-hydrogen) atoms. The first-order chi connectivity index (χ1) is 8.50. The second-order valence-electron chi connectivity index (χ2n) is 5.56. The van der Waals surface area contributed by atoms with E-state index in [-0.39, 0.29) is 0 Å². The van der Waals surface area contributed by atoms with Gasteiger partial charge in [-0.05, 0) is 45.9 Å². The van der Waals surface area contributed by atoms with Crippen molar-refractivity contribution in [1.29, 1.82) is 0 Å². The second-order valence-corrected chi connectivity index (χ2v) is 5.56. The zero-order chi connectivity index (χ0) is 13.5. The lowest BCUT2D eigenvalue weighted by Crippen LogP contribution is -2.18. The zero-order valence-corrected chi connectivity index (χ0v) is 12.5. The first kappa shape index (κ1) is 15.2. The summed E-state index contributed by atoms with van der Waals surface area (Å²) in [6, 6.07) is 0. The first-order valence-electron chi connectivity index (χ1n) is 6.88. The van der Waals surface area contributed by atoms with Crippen molar-refractivity contribution < 1.29 is 0 Å². The van der Waals surface area contributed by atoms with Crippen molar-refractivity contribution in [2.24, 2.45) is 7.05 Å². The third kappa shape index (κ3) is 5.19. The molecule has 0 bridgehead atoms. The van der Waals surface area contributed by atoms with E-state index in [1.165, 1.54) is 30.6 Å². The maximum absolute atomic E-state index is 4.52. The van der Waals surface area contributed by atoms with Crippen LogP contribution >= 0.6 is 0 Å². The van der Waals surface area contributed by atoms with Crippen molar-refractivity contribution in [2.75, 3.05) is 27.2 Å². The fourth-order valence-corrected chi connectivity index (χ4v) is 2.08. The van der Waals surface area contributed by atoms with Gasteiger partial charge in [0.1, 0.15) is 0 Å². The van der Waals surface area contributed by atoms with Crippen LogP contribution in [0, 0.1) is 0 Å². The Balaban J connectivity index is 2.27. The molecule has 1 heterocycles. The third-order valence-electron chi connectivity index (χ3n) is 3.01. The van der Waals surface area contributed by atoms with E-state index in [2.05, 4.69) is 49.5 Å². The summed E-state index contributed by atoms with van der Waals surface area (Å²) in [4.78, 5) is 2.23. The van der Waals surface area contributed by atoms with Crippen LogP contribution in [-0.4, -0.2) is 41.9 Å². The molecule has 0 spiro atoms. The van der Waals surface area contributed by atoms with Gasteiger partial charge in [0, 0.05) is 25.4 Å². The molecule has 0 saturated heterocycles. The molecule has 4 heteroatoms. The Bertz CT molecular complexity index is 342. The van der Waals surface area contributed by atoms with Crippen molar-refractivity contribution in [2.45, 2.75) is 39.2 Å². The van der Waals surface area contributed by atoms with E-state index >= 15 is 0 Å². The fraction of sp³-hybridized carbons (Fsp3) is 0.786. The van der Waals surface area contributed by atoms with Gasteiger partial charge in [0.2, 0.25) is 0 Å². The number of rotatable bonds is 8. The average Bonchev–Trinajstić information content (AvgIpc) is 2.64. The third-order valence-corrected chi connectivity index (χ3v) is 3.01. The Labute approximate surface area is 111 Å². The van der Waals surface area contributed by atoms with E-state index in [9.17, 15) is 0 Å². The van der Waals surface area contributed by atoms with Gasteiger partial charge in [-0.1, -0.05) is 13.8 Å². The Hall–Kier alpha value is -0.870. The summed E-state index contributed by atoms with van der Waals surface area (Å²) in [5, 5.41) is 8.03. The topological polar surface area (TPSA) is 33.1 Å². The van der Waals surface area contributed by atoms with Crippen LogP contribution in [0.1, 0.15) is 43.9 Å². The van der Waals surface area contributed by atoms with Crippen molar-refractivity contribution >= 4 is 0 Å². The van der Waals surface area contributed by atoms with E-state index in [4.69, 9.17) is 0 Å². The van der Waals surface area contributed by atoms with Crippen LogP contribution in [0.4, 0.5) is 0 Å². The van der Waals surface area contributed by atoms with Gasteiger partial charge >= 0.3 is 0 Å². The molecule has 0 aliphatic rings. The minimum absolute atomic E-state index is 0.497. The van der Waals surface area contributed by atoms with Gasteiger partial charge in [-0.25, -0.2) is 0 Å². The molecule has 1 rings (SSSR count). The molecule has 104 valence electrons. The zero-order valence-electron chi connectivity index (χ0n) is 12.5. The number of unbranched alkanes of at least 4 members (excludes halogenated alkanes) is 1. The predicted molar refractivity (Wildman–Crippen MR) is 76.8 cm³/mol. The number of aromatic nitrogens is 2. The smallest absolute Gasteiger partial charge is 0.0694 e. The van der Waals surface area contributed by atoms with Crippen molar-refractivity contribution in [1.82, 2.24) is 20.0 Å². The van der Waals surface area contributed by atoms with Crippen LogP contribution in [0.2, 0.25) is 0 Å². The van der Waals surface area contributed by atoms with E-state index < -0.39 is 0 Å². The molecule has 0 fully saturated rings. The molecule has 1 aromatic heterocycles. The van der Waals surface area contributed by atoms with Crippen LogP contribution in [0.15, 0.2) is 6.20 Å². The standard InChI is InChI=1S/C14H28N4/c1-12(2)14-13(11-18(5)16-14)10-15-8-6-7-9-17(3)4/h11-12,15H,6-10H2,1-5H3. The Morgan fingerprint density at radius 1 is 1.33 bits per heavy atom. The second kappa shape index (κ2) is 7.54. The highest BCUT2D eigenvalue weighted by Crippen LogP contribution is 2.16. The summed E-state index contributed by atoms with van der Waals surface area (Å²) in [6.07, 6.45) is 4.61. The van der Waals surface area contributed by atoms with E-state index in [1.54, 1.807) is 0 Å². The number of hydrogen-bond acceptors (Lipinski definition) is 3. The number of nitrogens with zero attached hydrogens (tertiary/aromatic N) is 3. The lowest BCUT2D eigenvalue weighted by Gasteiger charge is -2.10. The van der Waals surface area contributed by atoms with Gasteiger partial charge < -0.3 is 10.2 Å². The summed E-state index contributed by atoms with van der Waals surface area (Å²) >= 11 is 0. The Morgan fingerprint density at radius 3 is 2.67 bits per heavy atom. The van der Waals surface area contributed by atoms with Crippen LogP contribution < -0.4 is 5.32 Å². The van der Waals surface area contributed by atoms with Gasteiger partial charge in [-0.2, -0.15) is 5.10 Å². The quantitative estimate of drug-likeness (QED) is 0.718. The molecule has 0 saturated carbocycles. The Kier molecular flexibility index (Phi) is 6.36. The summed E-state index contributed by atoms with van der Waals surface area (Å²) in [5.41, 5.74) is 2.55. The lowest BCUT2D eigenvalue weighted by atomic mass is 10.1. The summed E-state index contributed by atoms with van der Waals surface area (Å²) in [7, 11) is 6.24. The molecule has 0 unspecified atom stereocenters.